The van der Waals surface area contributed by atoms with Gasteiger partial charge in [0.05, 0.1) is 11.8 Å². The van der Waals surface area contributed by atoms with E-state index in [-0.39, 0.29) is 5.78 Å². The van der Waals surface area contributed by atoms with E-state index in [0.29, 0.717) is 0 Å². The van der Waals surface area contributed by atoms with Gasteiger partial charge in [-0.2, -0.15) is 0 Å². The molecule has 2 aromatic rings. The van der Waals surface area contributed by atoms with Crippen LogP contribution in [0, 0.1) is 2.88 Å². The summed E-state index contributed by atoms with van der Waals surface area (Å²) in [4.78, 5) is 11.9. The molecule has 0 atom stereocenters. The summed E-state index contributed by atoms with van der Waals surface area (Å²) in [6, 6.07) is 4.09. The summed E-state index contributed by atoms with van der Waals surface area (Å²) in [6.07, 6.45) is 0. The quantitative estimate of drug-likeness (QED) is 0.579. The second-order valence-corrected chi connectivity index (χ2v) is 6.72. The molecule has 4 heteroatoms. The number of hydrogen-bond acceptors (Lipinski definition) is 3. The lowest BCUT2D eigenvalue weighted by atomic mass is 10.3. The zero-order chi connectivity index (χ0) is 8.72. The minimum absolute atomic E-state index is 0.165. The van der Waals surface area contributed by atoms with Gasteiger partial charge in [0.2, 0.25) is 0 Å². The molecular formula is C8H5IOS2. The Labute approximate surface area is 91.5 Å². The van der Waals surface area contributed by atoms with E-state index in [9.17, 15) is 4.79 Å². The number of halogens is 1. The smallest absolute Gasteiger partial charge is 0.169 e. The molecule has 12 heavy (non-hydrogen) atoms. The predicted molar refractivity (Wildman–Crippen MR) is 62.4 cm³/mol. The molecule has 0 unspecified atom stereocenters. The third-order valence-corrected chi connectivity index (χ3v) is 4.78. The maximum absolute atomic E-state index is 11.0. The number of carbonyl (C=O) groups is 1. The average molecular weight is 308 g/mol. The first kappa shape index (κ1) is 8.65. The molecule has 0 spiro atoms. The summed E-state index contributed by atoms with van der Waals surface area (Å²) in [7, 11) is 0. The Morgan fingerprint density at radius 3 is 2.75 bits per heavy atom. The first-order chi connectivity index (χ1) is 5.66. The third-order valence-electron chi connectivity index (χ3n) is 1.53. The SMILES string of the molecule is CC(=O)c1cc2cc(I)sc2s1. The highest BCUT2D eigenvalue weighted by atomic mass is 127. The highest BCUT2D eigenvalue weighted by Crippen LogP contribution is 2.34. The van der Waals surface area contributed by atoms with Crippen molar-refractivity contribution in [2.24, 2.45) is 0 Å². The van der Waals surface area contributed by atoms with Crippen LogP contribution in [-0.2, 0) is 0 Å². The van der Waals surface area contributed by atoms with Crippen molar-refractivity contribution in [2.45, 2.75) is 6.92 Å². The number of fused-ring (bicyclic) bond motifs is 1. The monoisotopic (exact) mass is 308 g/mol. The van der Waals surface area contributed by atoms with Crippen molar-refractivity contribution in [3.8, 4) is 0 Å². The van der Waals surface area contributed by atoms with E-state index in [0.717, 1.165) is 4.88 Å². The van der Waals surface area contributed by atoms with Crippen LogP contribution in [0.1, 0.15) is 16.6 Å². The molecule has 0 fully saturated rings. The number of rotatable bonds is 1. The van der Waals surface area contributed by atoms with Gasteiger partial charge in [0.1, 0.15) is 0 Å². The molecule has 0 saturated carbocycles. The minimum atomic E-state index is 0.165. The van der Waals surface area contributed by atoms with E-state index in [1.807, 2.05) is 6.07 Å². The maximum atomic E-state index is 11.0. The Bertz CT molecular complexity index is 409. The molecule has 0 aromatic carbocycles. The van der Waals surface area contributed by atoms with Gasteiger partial charge >= 0.3 is 0 Å². The van der Waals surface area contributed by atoms with Crippen LogP contribution < -0.4 is 0 Å². The summed E-state index contributed by atoms with van der Waals surface area (Å²) in [5.74, 6) is 0.165. The van der Waals surface area contributed by atoms with Gasteiger partial charge in [0.25, 0.3) is 0 Å². The minimum Gasteiger partial charge on any atom is -0.294 e. The zero-order valence-corrected chi connectivity index (χ0v) is 10.0. The van der Waals surface area contributed by atoms with Crippen molar-refractivity contribution in [3.63, 3.8) is 0 Å². The summed E-state index contributed by atoms with van der Waals surface area (Å²) >= 11 is 5.63. The summed E-state index contributed by atoms with van der Waals surface area (Å²) in [5.41, 5.74) is 0. The van der Waals surface area contributed by atoms with Gasteiger partial charge < -0.3 is 0 Å². The maximum Gasteiger partial charge on any atom is 0.169 e. The first-order valence-corrected chi connectivity index (χ1v) is 6.08. The molecule has 1 nitrogen and oxygen atoms in total. The molecule has 2 heterocycles. The van der Waals surface area contributed by atoms with Gasteiger partial charge in [-0.1, -0.05) is 0 Å². The Morgan fingerprint density at radius 2 is 2.17 bits per heavy atom. The van der Waals surface area contributed by atoms with E-state index in [2.05, 4.69) is 28.7 Å². The zero-order valence-electron chi connectivity index (χ0n) is 6.26. The normalized spacial score (nSPS) is 10.8. The predicted octanol–water partition coefficient (Wildman–Crippen LogP) is 3.77. The summed E-state index contributed by atoms with van der Waals surface area (Å²) in [5, 5.41) is 1.21. The van der Waals surface area contributed by atoms with E-state index in [4.69, 9.17) is 0 Å². The fourth-order valence-corrected chi connectivity index (χ4v) is 4.50. The van der Waals surface area contributed by atoms with Gasteiger partial charge in [-0.25, -0.2) is 0 Å². The van der Waals surface area contributed by atoms with Crippen molar-refractivity contribution >= 4 is 60.4 Å². The molecular weight excluding hydrogens is 303 g/mol. The number of carbonyl (C=O) groups excluding carboxylic acids is 1. The molecule has 0 N–H and O–H groups in total. The lowest BCUT2D eigenvalue weighted by Crippen LogP contribution is -1.83. The Kier molecular flexibility index (Phi) is 2.22. The van der Waals surface area contributed by atoms with E-state index < -0.39 is 0 Å². The highest BCUT2D eigenvalue weighted by molar-refractivity contribution is 14.1. The second-order valence-electron chi connectivity index (χ2n) is 2.46. The largest absolute Gasteiger partial charge is 0.294 e. The number of hydrogen-bond donors (Lipinski definition) is 0. The third kappa shape index (κ3) is 1.43. The highest BCUT2D eigenvalue weighted by Gasteiger charge is 2.07. The van der Waals surface area contributed by atoms with E-state index in [1.54, 1.807) is 29.6 Å². The van der Waals surface area contributed by atoms with Crippen LogP contribution in [0.3, 0.4) is 0 Å². The molecule has 2 rings (SSSR count). The first-order valence-electron chi connectivity index (χ1n) is 3.36. The van der Waals surface area contributed by atoms with Gasteiger partial charge in [-0.05, 0) is 41.6 Å². The van der Waals surface area contributed by atoms with Gasteiger partial charge in [0, 0.05) is 5.39 Å². The molecule has 0 radical (unpaired) electrons. The Hall–Kier alpha value is 0.0600. The van der Waals surface area contributed by atoms with Crippen LogP contribution in [-0.4, -0.2) is 5.78 Å². The lowest BCUT2D eigenvalue weighted by Gasteiger charge is -1.81. The standard InChI is InChI=1S/C8H5IOS2/c1-4(10)6-2-5-3-7(9)12-8(5)11-6/h2-3H,1H3. The fraction of sp³-hybridized carbons (Fsp3) is 0.125. The van der Waals surface area contributed by atoms with Crippen LogP contribution in [0.25, 0.3) is 9.40 Å². The van der Waals surface area contributed by atoms with Crippen LogP contribution >= 0.6 is 45.3 Å². The van der Waals surface area contributed by atoms with E-state index >= 15 is 0 Å². The number of Topliss-reactive ketones (excluding diaryl/α,β-unsaturated/α-hetero) is 1. The van der Waals surface area contributed by atoms with Crippen molar-refractivity contribution in [1.29, 1.82) is 0 Å². The Balaban J connectivity index is 2.64. The van der Waals surface area contributed by atoms with Crippen LogP contribution in [0.4, 0.5) is 0 Å². The summed E-state index contributed by atoms with van der Waals surface area (Å²) < 4.78 is 2.54. The fourth-order valence-electron chi connectivity index (χ4n) is 0.983. The molecule has 0 aliphatic heterocycles. The van der Waals surface area contributed by atoms with Crippen molar-refractivity contribution in [1.82, 2.24) is 0 Å². The molecule has 2 aromatic heterocycles. The van der Waals surface area contributed by atoms with E-state index in [1.165, 1.54) is 12.3 Å². The molecule has 0 saturated heterocycles. The van der Waals surface area contributed by atoms with Crippen molar-refractivity contribution in [2.75, 3.05) is 0 Å². The molecule has 0 amide bonds. The van der Waals surface area contributed by atoms with Gasteiger partial charge in [-0.3, -0.25) is 4.79 Å². The van der Waals surface area contributed by atoms with Gasteiger partial charge in [-0.15, -0.1) is 22.7 Å². The van der Waals surface area contributed by atoms with Gasteiger partial charge in [0.15, 0.2) is 5.78 Å². The van der Waals surface area contributed by atoms with Crippen molar-refractivity contribution in [3.05, 3.63) is 19.9 Å². The lowest BCUT2D eigenvalue weighted by molar-refractivity contribution is 0.102. The number of ketones is 1. The summed E-state index contributed by atoms with van der Waals surface area (Å²) in [6.45, 7) is 1.61. The molecule has 0 bridgehead atoms. The molecule has 62 valence electrons. The van der Waals surface area contributed by atoms with Crippen LogP contribution in [0.5, 0.6) is 0 Å². The van der Waals surface area contributed by atoms with Crippen LogP contribution in [0.2, 0.25) is 0 Å². The average Bonchev–Trinajstić information content (AvgIpc) is 2.42. The number of thiophene rings is 2. The molecule has 0 aliphatic carbocycles. The Morgan fingerprint density at radius 1 is 1.42 bits per heavy atom. The molecule has 0 aliphatic rings. The second kappa shape index (κ2) is 3.08. The van der Waals surface area contributed by atoms with Crippen LogP contribution in [0.15, 0.2) is 12.1 Å². The van der Waals surface area contributed by atoms with Crippen molar-refractivity contribution < 1.29 is 4.79 Å². The topological polar surface area (TPSA) is 17.1 Å².